The summed E-state index contributed by atoms with van der Waals surface area (Å²) >= 11 is 0. The summed E-state index contributed by atoms with van der Waals surface area (Å²) in [6.07, 6.45) is -4.89. The van der Waals surface area contributed by atoms with E-state index in [1.54, 1.807) is 0 Å². The topological polar surface area (TPSA) is 57.5 Å². The molecule has 0 bridgehead atoms. The number of phenols is 2. The average molecular weight is 220 g/mol. The molecule has 82 valence electrons. The van der Waals surface area contributed by atoms with Crippen LogP contribution in [0.4, 0.5) is 13.2 Å². The average Bonchev–Trinajstić information content (AvgIpc) is 2.06. The minimum Gasteiger partial charge on any atom is -0.504 e. The fourth-order valence-corrected chi connectivity index (χ4v) is 1.16. The molecule has 1 rings (SSSR count). The molecular weight excluding hydrogens is 213 g/mol. The molecule has 1 aromatic rings. The highest BCUT2D eigenvalue weighted by Gasteiger charge is 2.38. The number of hydrogen-bond acceptors (Lipinski definition) is 3. The minimum absolute atomic E-state index is 0.669. The molecule has 3 nitrogen and oxygen atoms in total. The summed E-state index contributed by atoms with van der Waals surface area (Å²) in [6.45, 7) is 0.945. The number of carbonyl (C=O) groups is 1. The smallest absolute Gasteiger partial charge is 0.420 e. The zero-order chi connectivity index (χ0) is 11.8. The molecule has 0 spiro atoms. The van der Waals surface area contributed by atoms with Crippen LogP contribution >= 0.6 is 0 Å². The van der Waals surface area contributed by atoms with E-state index in [2.05, 4.69) is 0 Å². The van der Waals surface area contributed by atoms with E-state index in [9.17, 15) is 18.0 Å². The van der Waals surface area contributed by atoms with Crippen LogP contribution in [0.2, 0.25) is 0 Å². The largest absolute Gasteiger partial charge is 0.504 e. The molecule has 0 aliphatic rings. The van der Waals surface area contributed by atoms with Crippen LogP contribution in [-0.2, 0) is 6.18 Å². The quantitative estimate of drug-likeness (QED) is 0.564. The molecular formula is C9H7F3O3. The molecule has 2 N–H and O–H groups in total. The number of halogens is 3. The van der Waals surface area contributed by atoms with Crippen LogP contribution in [0.1, 0.15) is 22.8 Å². The maximum atomic E-state index is 12.4. The lowest BCUT2D eigenvalue weighted by Gasteiger charge is -2.13. The molecule has 6 heteroatoms. The van der Waals surface area contributed by atoms with Crippen LogP contribution in [0.25, 0.3) is 0 Å². The summed E-state index contributed by atoms with van der Waals surface area (Å²) < 4.78 is 37.3. The number of phenolic OH excluding ortho intramolecular Hbond substituents is 2. The van der Waals surface area contributed by atoms with Crippen molar-refractivity contribution in [2.45, 2.75) is 13.1 Å². The van der Waals surface area contributed by atoms with Crippen molar-refractivity contribution >= 4 is 5.78 Å². The summed E-state index contributed by atoms with van der Waals surface area (Å²) in [6, 6.07) is 1.65. The van der Waals surface area contributed by atoms with Gasteiger partial charge in [-0.3, -0.25) is 4.79 Å². The molecule has 0 saturated carbocycles. The summed E-state index contributed by atoms with van der Waals surface area (Å²) in [7, 11) is 0. The molecule has 0 saturated heterocycles. The van der Waals surface area contributed by atoms with Crippen molar-refractivity contribution in [3.8, 4) is 11.5 Å². The van der Waals surface area contributed by atoms with Crippen molar-refractivity contribution in [3.05, 3.63) is 23.3 Å². The van der Waals surface area contributed by atoms with Crippen LogP contribution < -0.4 is 0 Å². The van der Waals surface area contributed by atoms with E-state index >= 15 is 0 Å². The van der Waals surface area contributed by atoms with E-state index in [4.69, 9.17) is 10.2 Å². The molecule has 0 heterocycles. The Morgan fingerprint density at radius 1 is 1.27 bits per heavy atom. The van der Waals surface area contributed by atoms with Gasteiger partial charge in [0.05, 0.1) is 0 Å². The Bertz CT molecular complexity index is 410. The van der Waals surface area contributed by atoms with Crippen molar-refractivity contribution in [2.24, 2.45) is 0 Å². The standard InChI is InChI=1S/C9H7F3O3/c1-4(13)5-2-3-6(14)8(15)7(5)9(10,11)12/h2-3,14-15H,1H3. The lowest BCUT2D eigenvalue weighted by atomic mass is 10.0. The van der Waals surface area contributed by atoms with Gasteiger partial charge in [0.2, 0.25) is 0 Å². The second-order valence-corrected chi connectivity index (χ2v) is 2.91. The van der Waals surface area contributed by atoms with Gasteiger partial charge in [0.15, 0.2) is 17.3 Å². The lowest BCUT2D eigenvalue weighted by Crippen LogP contribution is -2.12. The second kappa shape index (κ2) is 3.45. The number of benzene rings is 1. The maximum Gasteiger partial charge on any atom is 0.420 e. The molecule has 0 radical (unpaired) electrons. The Morgan fingerprint density at radius 2 is 1.80 bits per heavy atom. The fourth-order valence-electron chi connectivity index (χ4n) is 1.16. The number of alkyl halides is 3. The Kier molecular flexibility index (Phi) is 2.61. The van der Waals surface area contributed by atoms with Gasteiger partial charge >= 0.3 is 6.18 Å². The summed E-state index contributed by atoms with van der Waals surface area (Å²) in [5.41, 5.74) is -2.17. The molecule has 0 atom stereocenters. The highest BCUT2D eigenvalue weighted by atomic mass is 19.4. The summed E-state index contributed by atoms with van der Waals surface area (Å²) in [4.78, 5) is 10.9. The van der Waals surface area contributed by atoms with Gasteiger partial charge in [-0.1, -0.05) is 0 Å². The first-order valence-corrected chi connectivity index (χ1v) is 3.88. The first-order chi connectivity index (χ1) is 6.75. The van der Waals surface area contributed by atoms with E-state index in [0.29, 0.717) is 0 Å². The molecule has 15 heavy (non-hydrogen) atoms. The molecule has 0 aliphatic carbocycles. The third-order valence-electron chi connectivity index (χ3n) is 1.82. The van der Waals surface area contributed by atoms with Crippen molar-refractivity contribution < 1.29 is 28.2 Å². The van der Waals surface area contributed by atoms with Crippen molar-refractivity contribution in [3.63, 3.8) is 0 Å². The lowest BCUT2D eigenvalue weighted by molar-refractivity contribution is -0.139. The van der Waals surface area contributed by atoms with Gasteiger partial charge < -0.3 is 10.2 Å². The van der Waals surface area contributed by atoms with E-state index in [-0.39, 0.29) is 0 Å². The number of ketones is 1. The first kappa shape index (κ1) is 11.4. The number of carbonyl (C=O) groups excluding carboxylic acids is 1. The van der Waals surface area contributed by atoms with Crippen LogP contribution in [0.5, 0.6) is 11.5 Å². The summed E-state index contributed by atoms with van der Waals surface area (Å²) in [5.74, 6) is -3.07. The van der Waals surface area contributed by atoms with E-state index in [0.717, 1.165) is 19.1 Å². The van der Waals surface area contributed by atoms with Gasteiger partial charge in [-0.05, 0) is 19.1 Å². The molecule has 0 aromatic heterocycles. The van der Waals surface area contributed by atoms with E-state index in [1.165, 1.54) is 0 Å². The Hall–Kier alpha value is -1.72. The first-order valence-electron chi connectivity index (χ1n) is 3.88. The van der Waals surface area contributed by atoms with Crippen LogP contribution in [-0.4, -0.2) is 16.0 Å². The summed E-state index contributed by atoms with van der Waals surface area (Å²) in [5, 5.41) is 17.9. The molecule has 1 aromatic carbocycles. The third-order valence-corrected chi connectivity index (χ3v) is 1.82. The Balaban J connectivity index is 3.57. The van der Waals surface area contributed by atoms with Gasteiger partial charge in [0.25, 0.3) is 0 Å². The molecule has 0 amide bonds. The highest BCUT2D eigenvalue weighted by molar-refractivity contribution is 5.96. The Morgan fingerprint density at radius 3 is 2.20 bits per heavy atom. The normalized spacial score (nSPS) is 11.5. The predicted octanol–water partition coefficient (Wildman–Crippen LogP) is 2.32. The van der Waals surface area contributed by atoms with Crippen LogP contribution in [0.3, 0.4) is 0 Å². The van der Waals surface area contributed by atoms with Crippen LogP contribution in [0.15, 0.2) is 12.1 Å². The zero-order valence-corrected chi connectivity index (χ0v) is 7.59. The van der Waals surface area contributed by atoms with Gasteiger partial charge in [0.1, 0.15) is 5.56 Å². The number of aromatic hydroxyl groups is 2. The Labute approximate surface area is 82.8 Å². The maximum absolute atomic E-state index is 12.4. The highest BCUT2D eigenvalue weighted by Crippen LogP contribution is 2.42. The number of Topliss-reactive ketones (excluding diaryl/α,β-unsaturated/α-hetero) is 1. The zero-order valence-electron chi connectivity index (χ0n) is 7.59. The van der Waals surface area contributed by atoms with E-state index < -0.39 is 34.6 Å². The molecule has 0 fully saturated rings. The fraction of sp³-hybridized carbons (Fsp3) is 0.222. The molecule has 0 aliphatic heterocycles. The second-order valence-electron chi connectivity index (χ2n) is 2.91. The number of rotatable bonds is 1. The van der Waals surface area contributed by atoms with Crippen molar-refractivity contribution in [2.75, 3.05) is 0 Å². The van der Waals surface area contributed by atoms with Crippen molar-refractivity contribution in [1.29, 1.82) is 0 Å². The van der Waals surface area contributed by atoms with Gasteiger partial charge in [-0.15, -0.1) is 0 Å². The van der Waals surface area contributed by atoms with Crippen LogP contribution in [0, 0.1) is 0 Å². The van der Waals surface area contributed by atoms with Gasteiger partial charge in [-0.25, -0.2) is 0 Å². The number of hydrogen-bond donors (Lipinski definition) is 2. The van der Waals surface area contributed by atoms with Crippen molar-refractivity contribution in [1.82, 2.24) is 0 Å². The van der Waals surface area contributed by atoms with E-state index in [1.807, 2.05) is 0 Å². The predicted molar refractivity (Wildman–Crippen MR) is 44.8 cm³/mol. The molecule has 0 unspecified atom stereocenters. The third kappa shape index (κ3) is 2.03. The monoisotopic (exact) mass is 220 g/mol. The SMILES string of the molecule is CC(=O)c1ccc(O)c(O)c1C(F)(F)F. The van der Waals surface area contributed by atoms with Gasteiger partial charge in [0, 0.05) is 5.56 Å². The van der Waals surface area contributed by atoms with Gasteiger partial charge in [-0.2, -0.15) is 13.2 Å². The minimum atomic E-state index is -4.89.